The zero-order valence-corrected chi connectivity index (χ0v) is 19.4. The van der Waals surface area contributed by atoms with Gasteiger partial charge in [0, 0.05) is 23.7 Å². The topological polar surface area (TPSA) is 113 Å². The number of pyridine rings is 1. The average Bonchev–Trinajstić information content (AvgIpc) is 2.86. The zero-order chi connectivity index (χ0) is 24.8. The summed E-state index contributed by atoms with van der Waals surface area (Å²) in [6, 6.07) is 19.9. The minimum absolute atomic E-state index is 0.185. The van der Waals surface area contributed by atoms with Crippen molar-refractivity contribution in [2.45, 2.75) is 19.4 Å². The van der Waals surface area contributed by atoms with E-state index in [1.807, 2.05) is 68.4 Å². The predicted octanol–water partition coefficient (Wildman–Crippen LogP) is 4.81. The predicted molar refractivity (Wildman–Crippen MR) is 130 cm³/mol. The van der Waals surface area contributed by atoms with Crippen LogP contribution >= 0.6 is 0 Å². The minimum Gasteiger partial charge on any atom is -0.431 e. The Morgan fingerprint density at radius 1 is 0.971 bits per heavy atom. The Kier molecular flexibility index (Phi) is 6.82. The molecule has 1 atom stereocenters. The summed E-state index contributed by atoms with van der Waals surface area (Å²) in [5, 5.41) is 3.44. The Morgan fingerprint density at radius 2 is 1.71 bits per heavy atom. The smallest absolute Gasteiger partial charge is 0.431 e. The molecule has 4 rings (SSSR count). The normalized spacial score (nSPS) is 17.1. The summed E-state index contributed by atoms with van der Waals surface area (Å²) in [4.78, 5) is 28.6. The van der Waals surface area contributed by atoms with Gasteiger partial charge in [0.15, 0.2) is 5.54 Å². The van der Waals surface area contributed by atoms with Gasteiger partial charge in [-0.3, -0.25) is 4.98 Å². The van der Waals surface area contributed by atoms with Crippen LogP contribution in [0, 0.1) is 6.92 Å². The first-order valence-corrected chi connectivity index (χ1v) is 10.9. The summed E-state index contributed by atoms with van der Waals surface area (Å²) in [5.41, 5.74) is 8.16. The Labute approximate surface area is 203 Å². The second-order valence-electron chi connectivity index (χ2n) is 8.08. The Balaban J connectivity index is 1.71. The lowest BCUT2D eigenvalue weighted by atomic mass is 9.83. The molecule has 8 heteroatoms. The minimum atomic E-state index is -1.27. The molecule has 178 valence electrons. The van der Waals surface area contributed by atoms with Crippen LogP contribution in [0.4, 0.5) is 9.59 Å². The molecule has 0 spiro atoms. The largest absolute Gasteiger partial charge is 0.513 e. The highest BCUT2D eigenvalue weighted by Crippen LogP contribution is 2.39. The molecule has 1 aromatic heterocycles. The number of rotatable bonds is 6. The van der Waals surface area contributed by atoms with Crippen molar-refractivity contribution < 1.29 is 23.8 Å². The van der Waals surface area contributed by atoms with Crippen molar-refractivity contribution in [3.63, 3.8) is 0 Å². The molecular formula is C27H25N3O5. The van der Waals surface area contributed by atoms with Gasteiger partial charge < -0.3 is 25.3 Å². The highest BCUT2D eigenvalue weighted by atomic mass is 16.7. The molecule has 0 saturated heterocycles. The highest BCUT2D eigenvalue weighted by Gasteiger charge is 2.44. The highest BCUT2D eigenvalue weighted by molar-refractivity contribution is 5.74. The molecule has 1 amide bonds. The van der Waals surface area contributed by atoms with Crippen LogP contribution in [0.2, 0.25) is 0 Å². The lowest BCUT2D eigenvalue weighted by molar-refractivity contribution is 0.0645. The summed E-state index contributed by atoms with van der Waals surface area (Å²) < 4.78 is 16.3. The quantitative estimate of drug-likeness (QED) is 0.392. The van der Waals surface area contributed by atoms with Crippen LogP contribution in [0.15, 0.2) is 96.5 Å². The van der Waals surface area contributed by atoms with Crippen LogP contribution in [0.1, 0.15) is 23.6 Å². The Bertz CT molecular complexity index is 1270. The van der Waals surface area contributed by atoms with Crippen molar-refractivity contribution in [2.24, 2.45) is 5.73 Å². The van der Waals surface area contributed by atoms with Gasteiger partial charge in [-0.1, -0.05) is 48.0 Å². The molecule has 0 aliphatic carbocycles. The molecule has 1 unspecified atom stereocenters. The second kappa shape index (κ2) is 10.1. The number of hydrogen-bond donors (Lipinski definition) is 2. The van der Waals surface area contributed by atoms with Gasteiger partial charge in [0.2, 0.25) is 0 Å². The van der Waals surface area contributed by atoms with E-state index in [1.165, 1.54) is 0 Å². The van der Waals surface area contributed by atoms with Crippen molar-refractivity contribution in [3.05, 3.63) is 113 Å². The van der Waals surface area contributed by atoms with Gasteiger partial charge in [-0.05, 0) is 55.3 Å². The molecule has 3 N–H and O–H groups in total. The third-order valence-corrected chi connectivity index (χ3v) is 5.56. The van der Waals surface area contributed by atoms with E-state index in [9.17, 15) is 9.59 Å². The summed E-state index contributed by atoms with van der Waals surface area (Å²) in [6.07, 6.45) is 3.19. The van der Waals surface area contributed by atoms with Crippen LogP contribution in [-0.4, -0.2) is 23.8 Å². The fraction of sp³-hybridized carbons (Fsp3) is 0.148. The van der Waals surface area contributed by atoms with E-state index in [1.54, 1.807) is 30.6 Å². The van der Waals surface area contributed by atoms with E-state index in [2.05, 4.69) is 10.3 Å². The number of aryl methyl sites for hydroxylation is 1. The van der Waals surface area contributed by atoms with Crippen LogP contribution in [0.25, 0.3) is 5.70 Å². The number of nitrogens with two attached hydrogens (primary N) is 1. The third kappa shape index (κ3) is 5.33. The fourth-order valence-electron chi connectivity index (χ4n) is 3.83. The molecular weight excluding hydrogens is 446 g/mol. The lowest BCUT2D eigenvalue weighted by Crippen LogP contribution is -2.50. The van der Waals surface area contributed by atoms with Gasteiger partial charge >= 0.3 is 12.2 Å². The molecule has 1 aliphatic rings. The number of carbonyl (C=O) groups is 2. The molecule has 0 bridgehead atoms. The Morgan fingerprint density at radius 3 is 2.37 bits per heavy atom. The number of amides is 1. The maximum Gasteiger partial charge on any atom is 0.513 e. The number of benzene rings is 2. The monoisotopic (exact) mass is 471 g/mol. The van der Waals surface area contributed by atoms with Crippen molar-refractivity contribution in [3.8, 4) is 5.75 Å². The summed E-state index contributed by atoms with van der Waals surface area (Å²) >= 11 is 0. The molecule has 0 radical (unpaired) electrons. The fourth-order valence-corrected chi connectivity index (χ4v) is 3.83. The number of hydrogen-bond acceptors (Lipinski definition) is 7. The number of allylic oxidation sites excluding steroid dienone is 2. The molecule has 2 heterocycles. The van der Waals surface area contributed by atoms with E-state index >= 15 is 0 Å². The van der Waals surface area contributed by atoms with Crippen LogP contribution in [0.5, 0.6) is 5.75 Å². The van der Waals surface area contributed by atoms with Crippen molar-refractivity contribution in [2.75, 3.05) is 6.61 Å². The van der Waals surface area contributed by atoms with Crippen LogP contribution < -0.4 is 15.8 Å². The van der Waals surface area contributed by atoms with Gasteiger partial charge in [-0.15, -0.1) is 0 Å². The van der Waals surface area contributed by atoms with Gasteiger partial charge in [0.25, 0.3) is 0 Å². The number of primary amides is 1. The van der Waals surface area contributed by atoms with Gasteiger partial charge in [0.1, 0.15) is 18.1 Å². The lowest BCUT2D eigenvalue weighted by Gasteiger charge is -2.40. The Hall–Kier alpha value is -4.59. The van der Waals surface area contributed by atoms with Gasteiger partial charge in [-0.2, -0.15) is 0 Å². The van der Waals surface area contributed by atoms with E-state index in [0.717, 1.165) is 22.4 Å². The maximum atomic E-state index is 12.6. The molecule has 2 aromatic carbocycles. The average molecular weight is 472 g/mol. The number of ether oxygens (including phenoxy) is 3. The van der Waals surface area contributed by atoms with Gasteiger partial charge in [0.05, 0.1) is 0 Å². The van der Waals surface area contributed by atoms with Crippen molar-refractivity contribution in [1.82, 2.24) is 10.3 Å². The zero-order valence-electron chi connectivity index (χ0n) is 19.4. The number of carbonyl (C=O) groups excluding carboxylic acids is 2. The van der Waals surface area contributed by atoms with E-state index < -0.39 is 17.8 Å². The first kappa shape index (κ1) is 23.6. The van der Waals surface area contributed by atoms with Crippen molar-refractivity contribution >= 4 is 17.9 Å². The molecule has 35 heavy (non-hydrogen) atoms. The van der Waals surface area contributed by atoms with Crippen LogP contribution in [0.3, 0.4) is 0 Å². The molecule has 1 aliphatic heterocycles. The third-order valence-electron chi connectivity index (χ3n) is 5.56. The molecule has 3 aromatic rings. The molecule has 8 nitrogen and oxygen atoms in total. The SMILES string of the molecule is CC1=C(c2cccnc2)NC(COC(=O)Oc2ccc(C)cc2)(c2ccccc2)C(OC(N)=O)=C1. The summed E-state index contributed by atoms with van der Waals surface area (Å²) in [6.45, 7) is 3.54. The standard InChI is InChI=1S/C27H25N3O5/c1-18-10-12-22(13-11-18)34-26(32)33-17-27(21-8-4-3-5-9-21)23(35-25(28)31)15-19(2)24(30-27)20-7-6-14-29-16-20/h3-16,30H,17H2,1-2H3,(H2,28,31). The van der Waals surface area contributed by atoms with Gasteiger partial charge in [-0.25, -0.2) is 9.59 Å². The second-order valence-corrected chi connectivity index (χ2v) is 8.08. The van der Waals surface area contributed by atoms with E-state index in [-0.39, 0.29) is 12.4 Å². The number of dihydropyridines is 1. The number of aromatic nitrogens is 1. The first-order chi connectivity index (χ1) is 16.9. The van der Waals surface area contributed by atoms with E-state index in [4.69, 9.17) is 19.9 Å². The molecule has 0 saturated carbocycles. The van der Waals surface area contributed by atoms with E-state index in [0.29, 0.717) is 11.3 Å². The first-order valence-electron chi connectivity index (χ1n) is 10.9. The van der Waals surface area contributed by atoms with Crippen molar-refractivity contribution in [1.29, 1.82) is 0 Å². The summed E-state index contributed by atoms with van der Waals surface area (Å²) in [7, 11) is 0. The number of nitrogens with one attached hydrogen (secondary N) is 1. The molecule has 0 fully saturated rings. The number of nitrogens with zero attached hydrogens (tertiary/aromatic N) is 1. The van der Waals surface area contributed by atoms with Crippen LogP contribution in [-0.2, 0) is 15.0 Å². The maximum absolute atomic E-state index is 12.6. The summed E-state index contributed by atoms with van der Waals surface area (Å²) in [5.74, 6) is 0.534.